The van der Waals surface area contributed by atoms with E-state index in [1.54, 1.807) is 24.8 Å². The molecule has 0 unspecified atom stereocenters. The van der Waals surface area contributed by atoms with Gasteiger partial charge in [0, 0.05) is 76.4 Å². The Balaban J connectivity index is 0.000000116. The van der Waals surface area contributed by atoms with Crippen molar-refractivity contribution in [3.63, 3.8) is 0 Å². The van der Waals surface area contributed by atoms with E-state index in [4.69, 9.17) is 0 Å². The molecule has 6 aromatic heterocycles. The van der Waals surface area contributed by atoms with Crippen LogP contribution in [0.2, 0.25) is 0 Å². The zero-order chi connectivity index (χ0) is 29.0. The minimum atomic E-state index is 0. The second-order valence-corrected chi connectivity index (χ2v) is 9.99. The maximum Gasteiger partial charge on any atom is 0.138 e. The Morgan fingerprint density at radius 1 is 0.364 bits per heavy atom. The van der Waals surface area contributed by atoms with Crippen molar-refractivity contribution >= 4 is 65.4 Å². The summed E-state index contributed by atoms with van der Waals surface area (Å²) in [4.78, 5) is 21.8. The van der Waals surface area contributed by atoms with E-state index in [0.29, 0.717) is 0 Å². The fourth-order valence-electron chi connectivity index (χ4n) is 5.27. The van der Waals surface area contributed by atoms with E-state index in [1.165, 1.54) is 5.39 Å². The quantitative estimate of drug-likeness (QED) is 0.0989. The molecular weight excluding hydrogens is 587 g/mol. The molecule has 3 aromatic carbocycles. The minimum absolute atomic E-state index is 0. The predicted octanol–water partition coefficient (Wildman–Crippen LogP) is 7.88. The van der Waals surface area contributed by atoms with Gasteiger partial charge in [-0.2, -0.15) is 0 Å². The molecule has 213 valence electrons. The first-order valence-corrected chi connectivity index (χ1v) is 13.9. The first kappa shape index (κ1) is 28.6. The number of nitrogens with zero attached hydrogens (tertiary/aromatic N) is 6. The van der Waals surface area contributed by atoms with E-state index in [2.05, 4.69) is 105 Å². The maximum atomic E-state index is 4.41. The zero-order valence-corrected chi connectivity index (χ0v) is 24.6. The average molecular weight is 614 g/mol. The summed E-state index contributed by atoms with van der Waals surface area (Å²) < 4.78 is 1.87. The molecule has 0 amide bonds. The van der Waals surface area contributed by atoms with E-state index in [0.717, 1.165) is 60.0 Å². The van der Waals surface area contributed by atoms with Gasteiger partial charge in [-0.15, -0.1) is 0 Å². The van der Waals surface area contributed by atoms with Crippen LogP contribution in [-0.4, -0.2) is 24.9 Å². The molecule has 7 heteroatoms. The molecule has 0 spiro atoms. The molecule has 0 atom stereocenters. The molecule has 0 N–H and O–H groups in total. The summed E-state index contributed by atoms with van der Waals surface area (Å²) in [5, 5.41) is 6.86. The van der Waals surface area contributed by atoms with Gasteiger partial charge in [0.2, 0.25) is 0 Å². The summed E-state index contributed by atoms with van der Waals surface area (Å²) in [5.74, 6) is 0. The van der Waals surface area contributed by atoms with Gasteiger partial charge in [-0.05, 0) is 41.1 Å². The molecular formula is C37H26CoN6. The Kier molecular flexibility index (Phi) is 8.31. The van der Waals surface area contributed by atoms with Crippen LogP contribution in [0.15, 0.2) is 146 Å². The molecule has 1 radical (unpaired) electrons. The van der Waals surface area contributed by atoms with Gasteiger partial charge < -0.3 is 4.57 Å². The van der Waals surface area contributed by atoms with E-state index < -0.39 is 0 Å². The van der Waals surface area contributed by atoms with Crippen LogP contribution in [0.1, 0.15) is 0 Å². The molecule has 0 aliphatic heterocycles. The number of rotatable bonds is 0. The average Bonchev–Trinajstić information content (AvgIpc) is 3.09. The first-order chi connectivity index (χ1) is 21.3. The zero-order valence-electron chi connectivity index (χ0n) is 23.6. The van der Waals surface area contributed by atoms with Gasteiger partial charge in [-0.1, -0.05) is 78.9 Å². The van der Waals surface area contributed by atoms with Crippen molar-refractivity contribution in [1.29, 1.82) is 0 Å². The normalized spacial score (nSPS) is 10.6. The first-order valence-electron chi connectivity index (χ1n) is 13.9. The van der Waals surface area contributed by atoms with Gasteiger partial charge in [0.1, 0.15) is 5.52 Å². The molecule has 0 aliphatic carbocycles. The molecule has 6 heterocycles. The van der Waals surface area contributed by atoms with Crippen LogP contribution in [-0.2, 0) is 16.8 Å². The van der Waals surface area contributed by atoms with Gasteiger partial charge in [-0.25, -0.2) is 0 Å². The largest absolute Gasteiger partial charge is 0.331 e. The molecule has 0 saturated carbocycles. The second-order valence-electron chi connectivity index (χ2n) is 9.99. The summed E-state index contributed by atoms with van der Waals surface area (Å²) >= 11 is 0. The van der Waals surface area contributed by atoms with Gasteiger partial charge in [-0.3, -0.25) is 24.9 Å². The number of fused-ring (bicyclic) bond motifs is 9. The number of hydrogen-bond acceptors (Lipinski definition) is 5. The summed E-state index contributed by atoms with van der Waals surface area (Å²) in [5.41, 5.74) is 5.99. The third-order valence-electron chi connectivity index (χ3n) is 7.30. The molecule has 0 fully saturated rings. The Hall–Kier alpha value is -5.50. The number of pyridine rings is 6. The van der Waals surface area contributed by atoms with E-state index in [-0.39, 0.29) is 16.8 Å². The van der Waals surface area contributed by atoms with Crippen LogP contribution >= 0.6 is 0 Å². The van der Waals surface area contributed by atoms with Gasteiger partial charge in [0.25, 0.3) is 0 Å². The van der Waals surface area contributed by atoms with Crippen LogP contribution < -0.4 is 4.57 Å². The van der Waals surface area contributed by atoms with Crippen molar-refractivity contribution in [3.05, 3.63) is 153 Å². The predicted molar refractivity (Wildman–Crippen MR) is 174 cm³/mol. The van der Waals surface area contributed by atoms with Crippen molar-refractivity contribution in [2.24, 2.45) is 0 Å². The fourth-order valence-corrected chi connectivity index (χ4v) is 5.27. The van der Waals surface area contributed by atoms with Crippen molar-refractivity contribution in [3.8, 4) is 0 Å². The maximum absolute atomic E-state index is 4.41. The SMILES string of the molecule is [CH2-][n+]1cccc2ccc3cccnc3c21.[Co].c1cnc2c(c1)ccc1cccnc12.c1cnc2c(c1)ccc1cccnc12. The summed E-state index contributed by atoms with van der Waals surface area (Å²) in [6.45, 7) is 0. The number of aromatic nitrogens is 6. The summed E-state index contributed by atoms with van der Waals surface area (Å²) in [6, 6.07) is 36.5. The summed E-state index contributed by atoms with van der Waals surface area (Å²) in [6.07, 6.45) is 11.0. The van der Waals surface area contributed by atoms with E-state index >= 15 is 0 Å². The van der Waals surface area contributed by atoms with Crippen molar-refractivity contribution in [2.45, 2.75) is 0 Å². The molecule has 44 heavy (non-hydrogen) atoms. The Bertz CT molecular complexity index is 2170. The molecule has 6 nitrogen and oxygen atoms in total. The number of hydrogen-bond donors (Lipinski definition) is 0. The Labute approximate surface area is 264 Å². The Morgan fingerprint density at radius 2 is 0.659 bits per heavy atom. The second kappa shape index (κ2) is 12.8. The van der Waals surface area contributed by atoms with Crippen LogP contribution in [0, 0.1) is 7.05 Å². The van der Waals surface area contributed by atoms with Gasteiger partial charge in [0.15, 0.2) is 0 Å². The van der Waals surface area contributed by atoms with Gasteiger partial charge >= 0.3 is 0 Å². The van der Waals surface area contributed by atoms with E-state index in [9.17, 15) is 0 Å². The smallest absolute Gasteiger partial charge is 0.138 e. The van der Waals surface area contributed by atoms with Crippen molar-refractivity contribution in [2.75, 3.05) is 0 Å². The molecule has 0 bridgehead atoms. The van der Waals surface area contributed by atoms with Gasteiger partial charge in [0.05, 0.1) is 33.8 Å². The monoisotopic (exact) mass is 613 g/mol. The topological polar surface area (TPSA) is 68.3 Å². The molecule has 0 saturated heterocycles. The Morgan fingerprint density at radius 3 is 1.05 bits per heavy atom. The van der Waals surface area contributed by atoms with E-state index in [1.807, 2.05) is 53.4 Å². The standard InChI is InChI=1S/C13H10N2.2C12H8N2.Co/c1-15-9-3-5-11-7-6-10-4-2-8-14-12(10)13(11)15;2*1-3-9-5-6-10-4-2-8-14-12(10)11(9)13-7-1;/h2-9H,1H2;2*1-8H;. The molecule has 9 aromatic rings. The van der Waals surface area contributed by atoms with Crippen LogP contribution in [0.5, 0.6) is 0 Å². The molecule has 0 aliphatic rings. The number of benzene rings is 3. The van der Waals surface area contributed by atoms with Crippen LogP contribution in [0.3, 0.4) is 0 Å². The third-order valence-corrected chi connectivity index (χ3v) is 7.30. The van der Waals surface area contributed by atoms with Crippen molar-refractivity contribution < 1.29 is 21.3 Å². The molecule has 9 rings (SSSR count). The third kappa shape index (κ3) is 5.62. The van der Waals surface area contributed by atoms with Crippen LogP contribution in [0.25, 0.3) is 65.4 Å². The fraction of sp³-hybridized carbons (Fsp3) is 0. The van der Waals surface area contributed by atoms with Crippen LogP contribution in [0.4, 0.5) is 0 Å². The minimum Gasteiger partial charge on any atom is -0.331 e. The van der Waals surface area contributed by atoms with Crippen molar-refractivity contribution in [1.82, 2.24) is 24.9 Å². The summed E-state index contributed by atoms with van der Waals surface area (Å²) in [7, 11) is 3.98.